The first-order valence-corrected chi connectivity index (χ1v) is 11.5. The van der Waals surface area contributed by atoms with Crippen molar-refractivity contribution in [2.75, 3.05) is 25.1 Å². The van der Waals surface area contributed by atoms with Crippen LogP contribution in [0.2, 0.25) is 5.02 Å². The largest absolute Gasteiger partial charge is 0.486 e. The molecule has 3 heterocycles. The fourth-order valence-corrected chi connectivity index (χ4v) is 4.96. The predicted molar refractivity (Wildman–Crippen MR) is 128 cm³/mol. The van der Waals surface area contributed by atoms with E-state index in [1.807, 2.05) is 18.2 Å². The third-order valence-electron chi connectivity index (χ3n) is 6.33. The van der Waals surface area contributed by atoms with Gasteiger partial charge in [-0.2, -0.15) is 0 Å². The number of hydrogen-bond donors (Lipinski definition) is 2. The molecule has 1 atom stereocenters. The molecule has 3 aromatic carbocycles. The maximum atomic E-state index is 13.7. The summed E-state index contributed by atoms with van der Waals surface area (Å²) in [5.74, 6) is 0.941. The summed E-state index contributed by atoms with van der Waals surface area (Å²) in [5.41, 5.74) is 4.41. The molecule has 2 aliphatic rings. The molecular weight excluding hydrogens is 457 g/mol. The molecule has 0 spiro atoms. The van der Waals surface area contributed by atoms with Crippen molar-refractivity contribution < 1.29 is 18.7 Å². The molecule has 0 radical (unpaired) electrons. The summed E-state index contributed by atoms with van der Waals surface area (Å²) in [6.07, 6.45) is 0.669. The number of anilines is 1. The first-order valence-electron chi connectivity index (χ1n) is 11.1. The SMILES string of the molecule is O=C(Nc1ccc2c(c1)OCCO2)N1CCc2c([nH]c3ccc(Cl)cc23)C1c1ccc(F)cc1. The smallest absolute Gasteiger partial charge is 0.322 e. The molecule has 2 aliphatic heterocycles. The second-order valence-electron chi connectivity index (χ2n) is 8.39. The van der Waals surface area contributed by atoms with Crippen molar-refractivity contribution in [3.63, 3.8) is 0 Å². The Morgan fingerprint density at radius 2 is 1.82 bits per heavy atom. The average molecular weight is 478 g/mol. The van der Waals surface area contributed by atoms with Gasteiger partial charge in [-0.05, 0) is 60.0 Å². The molecular formula is C26H21ClFN3O3. The molecule has 34 heavy (non-hydrogen) atoms. The zero-order valence-electron chi connectivity index (χ0n) is 18.1. The Hall–Kier alpha value is -3.71. The van der Waals surface area contributed by atoms with Crippen molar-refractivity contribution in [3.8, 4) is 11.5 Å². The number of amides is 2. The molecule has 2 N–H and O–H groups in total. The molecule has 172 valence electrons. The van der Waals surface area contributed by atoms with Crippen LogP contribution in [0.4, 0.5) is 14.9 Å². The molecule has 0 saturated heterocycles. The molecule has 2 amide bonds. The van der Waals surface area contributed by atoms with Gasteiger partial charge in [0, 0.05) is 39.9 Å². The minimum atomic E-state index is -0.410. The number of nitrogens with zero attached hydrogens (tertiary/aromatic N) is 1. The maximum absolute atomic E-state index is 13.7. The fraction of sp³-hybridized carbons (Fsp3) is 0.192. The van der Waals surface area contributed by atoms with Gasteiger partial charge in [-0.15, -0.1) is 0 Å². The highest BCUT2D eigenvalue weighted by Gasteiger charge is 2.35. The van der Waals surface area contributed by atoms with E-state index in [1.165, 1.54) is 12.1 Å². The summed E-state index contributed by atoms with van der Waals surface area (Å²) in [6, 6.07) is 16.7. The highest BCUT2D eigenvalue weighted by Crippen LogP contribution is 2.40. The van der Waals surface area contributed by atoms with Gasteiger partial charge in [0.1, 0.15) is 19.0 Å². The molecule has 1 unspecified atom stereocenters. The van der Waals surface area contributed by atoms with Crippen LogP contribution in [0.3, 0.4) is 0 Å². The average Bonchev–Trinajstić information content (AvgIpc) is 3.22. The number of H-pyrrole nitrogens is 1. The van der Waals surface area contributed by atoms with E-state index in [4.69, 9.17) is 21.1 Å². The van der Waals surface area contributed by atoms with E-state index in [0.717, 1.165) is 27.7 Å². The molecule has 4 aromatic rings. The lowest BCUT2D eigenvalue weighted by molar-refractivity contribution is 0.171. The van der Waals surface area contributed by atoms with Crippen LogP contribution in [-0.2, 0) is 6.42 Å². The number of halogens is 2. The van der Waals surface area contributed by atoms with E-state index >= 15 is 0 Å². The van der Waals surface area contributed by atoms with E-state index in [2.05, 4.69) is 10.3 Å². The summed E-state index contributed by atoms with van der Waals surface area (Å²) in [7, 11) is 0. The molecule has 0 fully saturated rings. The van der Waals surface area contributed by atoms with Crippen molar-refractivity contribution in [2.45, 2.75) is 12.5 Å². The molecule has 0 saturated carbocycles. The number of rotatable bonds is 2. The van der Waals surface area contributed by atoms with E-state index in [1.54, 1.807) is 35.2 Å². The number of carbonyl (C=O) groups is 1. The first kappa shape index (κ1) is 20.9. The number of aromatic nitrogens is 1. The molecule has 0 aliphatic carbocycles. The lowest BCUT2D eigenvalue weighted by Gasteiger charge is -2.36. The zero-order valence-corrected chi connectivity index (χ0v) is 18.9. The number of aromatic amines is 1. The fourth-order valence-electron chi connectivity index (χ4n) is 4.79. The first-order chi connectivity index (χ1) is 16.6. The Kier molecular flexibility index (Phi) is 5.07. The monoisotopic (exact) mass is 477 g/mol. The lowest BCUT2D eigenvalue weighted by atomic mass is 9.92. The van der Waals surface area contributed by atoms with Gasteiger partial charge in [-0.1, -0.05) is 23.7 Å². The number of nitrogens with one attached hydrogen (secondary N) is 2. The van der Waals surface area contributed by atoms with Crippen molar-refractivity contribution in [1.29, 1.82) is 0 Å². The van der Waals surface area contributed by atoms with Crippen LogP contribution >= 0.6 is 11.6 Å². The molecule has 6 rings (SSSR count). The van der Waals surface area contributed by atoms with Crippen LogP contribution in [0.15, 0.2) is 60.7 Å². The standard InChI is InChI=1S/C26H21ClFN3O3/c27-16-3-7-21-20(13-16)19-9-10-31(25(24(19)30-21)15-1-4-17(28)5-2-15)26(32)29-18-6-8-22-23(14-18)34-12-11-33-22/h1-8,13-14,25,30H,9-12H2,(H,29,32). The Morgan fingerprint density at radius 3 is 2.65 bits per heavy atom. The second kappa shape index (κ2) is 8.25. The highest BCUT2D eigenvalue weighted by molar-refractivity contribution is 6.31. The van der Waals surface area contributed by atoms with Crippen molar-refractivity contribution in [1.82, 2.24) is 9.88 Å². The lowest BCUT2D eigenvalue weighted by Crippen LogP contribution is -2.43. The van der Waals surface area contributed by atoms with Crippen molar-refractivity contribution in [2.24, 2.45) is 0 Å². The quantitative estimate of drug-likeness (QED) is 0.377. The van der Waals surface area contributed by atoms with Crippen LogP contribution in [0, 0.1) is 5.82 Å². The maximum Gasteiger partial charge on any atom is 0.322 e. The Balaban J connectivity index is 1.38. The normalized spacial score (nSPS) is 16.9. The number of urea groups is 1. The summed E-state index contributed by atoms with van der Waals surface area (Å²) in [6.45, 7) is 1.46. The third kappa shape index (κ3) is 3.62. The van der Waals surface area contributed by atoms with E-state index in [0.29, 0.717) is 48.4 Å². The summed E-state index contributed by atoms with van der Waals surface area (Å²) in [5, 5.41) is 4.69. The van der Waals surface area contributed by atoms with Gasteiger partial charge in [-0.25, -0.2) is 9.18 Å². The summed E-state index contributed by atoms with van der Waals surface area (Å²) in [4.78, 5) is 18.8. The van der Waals surface area contributed by atoms with Crippen LogP contribution in [0.5, 0.6) is 11.5 Å². The molecule has 0 bridgehead atoms. The third-order valence-corrected chi connectivity index (χ3v) is 6.56. The topological polar surface area (TPSA) is 66.6 Å². The van der Waals surface area contributed by atoms with Gasteiger partial charge in [-0.3, -0.25) is 0 Å². The molecule has 8 heteroatoms. The van der Waals surface area contributed by atoms with Gasteiger partial charge in [0.25, 0.3) is 0 Å². The van der Waals surface area contributed by atoms with Crippen molar-refractivity contribution >= 4 is 34.2 Å². The van der Waals surface area contributed by atoms with E-state index in [-0.39, 0.29) is 11.8 Å². The molecule has 6 nitrogen and oxygen atoms in total. The van der Waals surface area contributed by atoms with Crippen LogP contribution in [0.1, 0.15) is 22.9 Å². The predicted octanol–water partition coefficient (Wildman–Crippen LogP) is 5.91. The summed E-state index contributed by atoms with van der Waals surface area (Å²) >= 11 is 6.26. The number of ether oxygens (including phenoxy) is 2. The Bertz CT molecular complexity index is 1400. The van der Waals surface area contributed by atoms with Crippen LogP contribution in [-0.4, -0.2) is 35.7 Å². The Labute approximate surface area is 200 Å². The number of fused-ring (bicyclic) bond motifs is 4. The van der Waals surface area contributed by atoms with Crippen LogP contribution in [0.25, 0.3) is 10.9 Å². The van der Waals surface area contributed by atoms with E-state index < -0.39 is 6.04 Å². The zero-order chi connectivity index (χ0) is 23.2. The number of carbonyl (C=O) groups excluding carboxylic acids is 1. The number of hydrogen-bond acceptors (Lipinski definition) is 3. The van der Waals surface area contributed by atoms with Gasteiger partial charge < -0.3 is 24.7 Å². The van der Waals surface area contributed by atoms with Gasteiger partial charge in [0.05, 0.1) is 6.04 Å². The van der Waals surface area contributed by atoms with E-state index in [9.17, 15) is 9.18 Å². The minimum absolute atomic E-state index is 0.256. The van der Waals surface area contributed by atoms with Gasteiger partial charge >= 0.3 is 6.03 Å². The minimum Gasteiger partial charge on any atom is -0.486 e. The Morgan fingerprint density at radius 1 is 1.03 bits per heavy atom. The van der Waals surface area contributed by atoms with Crippen LogP contribution < -0.4 is 14.8 Å². The highest BCUT2D eigenvalue weighted by atomic mass is 35.5. The van der Waals surface area contributed by atoms with Crippen molar-refractivity contribution in [3.05, 3.63) is 88.3 Å². The summed E-state index contributed by atoms with van der Waals surface area (Å²) < 4.78 is 24.9. The molecule has 1 aromatic heterocycles. The number of benzene rings is 3. The van der Waals surface area contributed by atoms with Gasteiger partial charge in [0.2, 0.25) is 0 Å². The second-order valence-corrected chi connectivity index (χ2v) is 8.83. The van der Waals surface area contributed by atoms with Gasteiger partial charge in [0.15, 0.2) is 11.5 Å².